The monoisotopic (exact) mass is 318 g/mol. The van der Waals surface area contributed by atoms with E-state index in [2.05, 4.69) is 20.4 Å². The Kier molecular flexibility index (Phi) is 3.30. The maximum absolute atomic E-state index is 11.3. The number of nitrogens with zero attached hydrogens (tertiary/aromatic N) is 4. The third-order valence-electron chi connectivity index (χ3n) is 3.24. The van der Waals surface area contributed by atoms with Gasteiger partial charge in [-0.15, -0.1) is 0 Å². The summed E-state index contributed by atoms with van der Waals surface area (Å²) in [6, 6.07) is 6.12. The standard InChI is InChI=1S/C13H14N6O2S/c1-8-11-12(15-7-16-13(11)19(2)18-8)17-9-3-5-10(6-4-9)22(14,20)21/h3-7H,1-2H3,(H2,14,20,21)(H,15,16,17). The van der Waals surface area contributed by atoms with Gasteiger partial charge in [-0.1, -0.05) is 0 Å². The molecule has 0 spiro atoms. The number of hydrogen-bond donors (Lipinski definition) is 2. The van der Waals surface area contributed by atoms with Crippen molar-refractivity contribution >= 4 is 32.6 Å². The zero-order valence-electron chi connectivity index (χ0n) is 12.0. The van der Waals surface area contributed by atoms with Crippen LogP contribution in [0.2, 0.25) is 0 Å². The third-order valence-corrected chi connectivity index (χ3v) is 4.17. The van der Waals surface area contributed by atoms with Crippen LogP contribution in [0.25, 0.3) is 11.0 Å². The van der Waals surface area contributed by atoms with Crippen molar-refractivity contribution < 1.29 is 8.42 Å². The summed E-state index contributed by atoms with van der Waals surface area (Å²) in [7, 11) is -1.88. The molecule has 9 heteroatoms. The van der Waals surface area contributed by atoms with Crippen molar-refractivity contribution in [2.24, 2.45) is 12.2 Å². The third kappa shape index (κ3) is 2.51. The summed E-state index contributed by atoms with van der Waals surface area (Å²) in [4.78, 5) is 8.49. The van der Waals surface area contributed by atoms with E-state index in [-0.39, 0.29) is 4.90 Å². The van der Waals surface area contributed by atoms with Gasteiger partial charge < -0.3 is 5.32 Å². The molecular formula is C13H14N6O2S. The average Bonchev–Trinajstić information content (AvgIpc) is 2.75. The van der Waals surface area contributed by atoms with Crippen LogP contribution in [0.15, 0.2) is 35.5 Å². The highest BCUT2D eigenvalue weighted by atomic mass is 32.2. The summed E-state index contributed by atoms with van der Waals surface area (Å²) >= 11 is 0. The van der Waals surface area contributed by atoms with Crippen LogP contribution in [0.5, 0.6) is 0 Å². The predicted octanol–water partition coefficient (Wildman–Crippen LogP) is 1.06. The molecule has 3 rings (SSSR count). The predicted molar refractivity (Wildman–Crippen MR) is 82.1 cm³/mol. The molecular weight excluding hydrogens is 304 g/mol. The molecule has 0 fully saturated rings. The van der Waals surface area contributed by atoms with Gasteiger partial charge in [0.2, 0.25) is 10.0 Å². The molecule has 0 aliphatic carbocycles. The first-order chi connectivity index (χ1) is 10.4. The van der Waals surface area contributed by atoms with Gasteiger partial charge in [-0.2, -0.15) is 5.10 Å². The first-order valence-corrected chi connectivity index (χ1v) is 7.95. The second-order valence-electron chi connectivity index (χ2n) is 4.82. The van der Waals surface area contributed by atoms with Crippen LogP contribution in [0, 0.1) is 6.92 Å². The van der Waals surface area contributed by atoms with Crippen LogP contribution in [0.3, 0.4) is 0 Å². The van der Waals surface area contributed by atoms with Crippen molar-refractivity contribution in [2.45, 2.75) is 11.8 Å². The van der Waals surface area contributed by atoms with Crippen molar-refractivity contribution in [2.75, 3.05) is 5.32 Å². The van der Waals surface area contributed by atoms with Crippen LogP contribution in [0.4, 0.5) is 11.5 Å². The molecule has 0 aliphatic heterocycles. The van der Waals surface area contributed by atoms with Crippen LogP contribution >= 0.6 is 0 Å². The Morgan fingerprint density at radius 1 is 1.18 bits per heavy atom. The maximum Gasteiger partial charge on any atom is 0.238 e. The van der Waals surface area contributed by atoms with Crippen molar-refractivity contribution in [1.82, 2.24) is 19.7 Å². The first-order valence-electron chi connectivity index (χ1n) is 6.40. The van der Waals surface area contributed by atoms with E-state index in [1.807, 2.05) is 14.0 Å². The number of benzene rings is 1. The number of primary sulfonamides is 1. The van der Waals surface area contributed by atoms with Crippen molar-refractivity contribution in [3.8, 4) is 0 Å². The van der Waals surface area contributed by atoms with E-state index >= 15 is 0 Å². The molecule has 1 aromatic carbocycles. The molecule has 114 valence electrons. The van der Waals surface area contributed by atoms with Crippen LogP contribution in [0.1, 0.15) is 5.69 Å². The molecule has 8 nitrogen and oxygen atoms in total. The van der Waals surface area contributed by atoms with E-state index in [4.69, 9.17) is 5.14 Å². The molecule has 0 saturated heterocycles. The number of aromatic nitrogens is 4. The van der Waals surface area contributed by atoms with E-state index < -0.39 is 10.0 Å². The second kappa shape index (κ2) is 5.04. The van der Waals surface area contributed by atoms with Gasteiger partial charge in [0, 0.05) is 12.7 Å². The number of hydrogen-bond acceptors (Lipinski definition) is 6. The number of aryl methyl sites for hydroxylation is 2. The van der Waals surface area contributed by atoms with Crippen LogP contribution < -0.4 is 10.5 Å². The molecule has 22 heavy (non-hydrogen) atoms. The molecule has 3 aromatic rings. The number of rotatable bonds is 3. The molecule has 0 bridgehead atoms. The van der Waals surface area contributed by atoms with Crippen molar-refractivity contribution in [3.05, 3.63) is 36.3 Å². The second-order valence-corrected chi connectivity index (χ2v) is 6.39. The fourth-order valence-corrected chi connectivity index (χ4v) is 2.75. The molecule has 3 N–H and O–H groups in total. The Labute approximate surface area is 127 Å². The Hall–Kier alpha value is -2.52. The van der Waals surface area contributed by atoms with Gasteiger partial charge in [0.25, 0.3) is 0 Å². The topological polar surface area (TPSA) is 116 Å². The summed E-state index contributed by atoms with van der Waals surface area (Å²) in [5.41, 5.74) is 2.22. The van der Waals surface area contributed by atoms with Crippen LogP contribution in [-0.4, -0.2) is 28.2 Å². The van der Waals surface area contributed by atoms with Gasteiger partial charge in [0.1, 0.15) is 12.1 Å². The fourth-order valence-electron chi connectivity index (χ4n) is 2.24. The lowest BCUT2D eigenvalue weighted by Crippen LogP contribution is -2.11. The first kappa shape index (κ1) is 14.4. The zero-order valence-corrected chi connectivity index (χ0v) is 12.8. The summed E-state index contributed by atoms with van der Waals surface area (Å²) in [5, 5.41) is 13.4. The Balaban J connectivity index is 2.00. The van der Waals surface area contributed by atoms with E-state index in [1.165, 1.54) is 18.5 Å². The normalized spacial score (nSPS) is 11.8. The average molecular weight is 318 g/mol. The highest BCUT2D eigenvalue weighted by molar-refractivity contribution is 7.89. The number of nitrogens with one attached hydrogen (secondary N) is 1. The lowest BCUT2D eigenvalue weighted by molar-refractivity contribution is 0.598. The summed E-state index contributed by atoms with van der Waals surface area (Å²) in [6.45, 7) is 1.88. The molecule has 0 amide bonds. The minimum Gasteiger partial charge on any atom is -0.340 e. The minimum absolute atomic E-state index is 0.0587. The van der Waals surface area contributed by atoms with E-state index in [0.717, 1.165) is 16.7 Å². The lowest BCUT2D eigenvalue weighted by Gasteiger charge is -2.07. The highest BCUT2D eigenvalue weighted by Gasteiger charge is 2.13. The SMILES string of the molecule is Cc1nn(C)c2ncnc(Nc3ccc(S(N)(=O)=O)cc3)c12. The summed E-state index contributed by atoms with van der Waals surface area (Å²) < 4.78 is 24.2. The van der Waals surface area contributed by atoms with Crippen molar-refractivity contribution in [1.29, 1.82) is 0 Å². The molecule has 0 saturated carbocycles. The molecule has 2 heterocycles. The Morgan fingerprint density at radius 3 is 2.50 bits per heavy atom. The Bertz CT molecular complexity index is 947. The van der Waals surface area contributed by atoms with Gasteiger partial charge in [-0.3, -0.25) is 4.68 Å². The largest absolute Gasteiger partial charge is 0.340 e. The molecule has 2 aromatic heterocycles. The van der Waals surface area contributed by atoms with E-state index in [1.54, 1.807) is 16.8 Å². The minimum atomic E-state index is -3.70. The highest BCUT2D eigenvalue weighted by Crippen LogP contribution is 2.25. The maximum atomic E-state index is 11.3. The molecule has 0 aliphatic rings. The Morgan fingerprint density at radius 2 is 1.86 bits per heavy atom. The molecule has 0 atom stereocenters. The molecule has 0 radical (unpaired) electrons. The zero-order chi connectivity index (χ0) is 15.9. The van der Waals surface area contributed by atoms with E-state index in [9.17, 15) is 8.42 Å². The van der Waals surface area contributed by atoms with Gasteiger partial charge in [-0.25, -0.2) is 23.5 Å². The van der Waals surface area contributed by atoms with Gasteiger partial charge in [0.15, 0.2) is 5.65 Å². The van der Waals surface area contributed by atoms with Gasteiger partial charge in [-0.05, 0) is 31.2 Å². The van der Waals surface area contributed by atoms with Gasteiger partial charge >= 0.3 is 0 Å². The fraction of sp³-hybridized carbons (Fsp3) is 0.154. The number of nitrogens with two attached hydrogens (primary N) is 1. The van der Waals surface area contributed by atoms with Crippen LogP contribution in [-0.2, 0) is 17.1 Å². The number of sulfonamides is 1. The van der Waals surface area contributed by atoms with Crippen molar-refractivity contribution in [3.63, 3.8) is 0 Å². The lowest BCUT2D eigenvalue weighted by atomic mass is 10.2. The summed E-state index contributed by atoms with van der Waals surface area (Å²) in [6.07, 6.45) is 1.45. The number of fused-ring (bicyclic) bond motifs is 1. The summed E-state index contributed by atoms with van der Waals surface area (Å²) in [5.74, 6) is 0.610. The molecule has 0 unspecified atom stereocenters. The van der Waals surface area contributed by atoms with Gasteiger partial charge in [0.05, 0.1) is 16.0 Å². The quantitative estimate of drug-likeness (QED) is 0.746. The smallest absolute Gasteiger partial charge is 0.238 e. The van der Waals surface area contributed by atoms with E-state index in [0.29, 0.717) is 11.5 Å². The number of anilines is 2.